The summed E-state index contributed by atoms with van der Waals surface area (Å²) < 4.78 is 0. The molecule has 0 radical (unpaired) electrons. The van der Waals surface area contributed by atoms with E-state index in [0.29, 0.717) is 12.8 Å². The Morgan fingerprint density at radius 2 is 2.33 bits per heavy atom. The van der Waals surface area contributed by atoms with E-state index in [9.17, 15) is 4.79 Å². The van der Waals surface area contributed by atoms with Crippen LogP contribution in [0.2, 0.25) is 0 Å². The predicted molar refractivity (Wildman–Crippen MR) is 39.3 cm³/mol. The van der Waals surface area contributed by atoms with Gasteiger partial charge in [0, 0.05) is 12.8 Å². The Hall–Kier alpha value is -0.850. The normalized spacial score (nSPS) is 9.89. The molecule has 0 aliphatic heterocycles. The standard InChI is InChI=1S/C8H12O/c1-3-5-6-7-8(9)4-2/h3,5-6H,1,4,7H2,2H3. The SMILES string of the molecule is C=CC=CCC(=O)CC. The summed E-state index contributed by atoms with van der Waals surface area (Å²) in [6, 6.07) is 0. The van der Waals surface area contributed by atoms with Crippen LogP contribution in [0.4, 0.5) is 0 Å². The third kappa shape index (κ3) is 5.01. The van der Waals surface area contributed by atoms with Gasteiger partial charge in [-0.2, -0.15) is 0 Å². The van der Waals surface area contributed by atoms with Crippen molar-refractivity contribution in [3.63, 3.8) is 0 Å². The molecule has 0 fully saturated rings. The average Bonchev–Trinajstić information content (AvgIpc) is 1.89. The minimum absolute atomic E-state index is 0.271. The summed E-state index contributed by atoms with van der Waals surface area (Å²) in [6.07, 6.45) is 6.44. The maximum absolute atomic E-state index is 10.6. The molecule has 0 bridgehead atoms. The Kier molecular flexibility index (Phi) is 4.79. The topological polar surface area (TPSA) is 17.1 Å². The predicted octanol–water partition coefficient (Wildman–Crippen LogP) is 2.10. The Labute approximate surface area is 56.1 Å². The highest BCUT2D eigenvalue weighted by molar-refractivity contribution is 5.79. The van der Waals surface area contributed by atoms with Gasteiger partial charge in [0.25, 0.3) is 0 Å². The molecule has 0 aromatic heterocycles. The van der Waals surface area contributed by atoms with Gasteiger partial charge in [0.15, 0.2) is 0 Å². The van der Waals surface area contributed by atoms with Crippen molar-refractivity contribution in [2.75, 3.05) is 0 Å². The van der Waals surface area contributed by atoms with Crippen LogP contribution in [0, 0.1) is 0 Å². The minimum Gasteiger partial charge on any atom is -0.299 e. The number of allylic oxidation sites excluding steroid dienone is 3. The van der Waals surface area contributed by atoms with E-state index < -0.39 is 0 Å². The monoisotopic (exact) mass is 124 g/mol. The largest absolute Gasteiger partial charge is 0.299 e. The number of hydrogen-bond donors (Lipinski definition) is 0. The van der Waals surface area contributed by atoms with Gasteiger partial charge < -0.3 is 0 Å². The van der Waals surface area contributed by atoms with Crippen LogP contribution in [-0.2, 0) is 4.79 Å². The fourth-order valence-electron chi connectivity index (χ4n) is 0.440. The number of rotatable bonds is 4. The highest BCUT2D eigenvalue weighted by Crippen LogP contribution is 1.89. The van der Waals surface area contributed by atoms with Gasteiger partial charge in [-0.05, 0) is 0 Å². The first-order chi connectivity index (χ1) is 4.31. The van der Waals surface area contributed by atoms with Gasteiger partial charge in [0.05, 0.1) is 0 Å². The van der Waals surface area contributed by atoms with Crippen molar-refractivity contribution in [1.82, 2.24) is 0 Å². The first-order valence-corrected chi connectivity index (χ1v) is 3.10. The zero-order chi connectivity index (χ0) is 7.11. The molecule has 0 N–H and O–H groups in total. The molecule has 50 valence electrons. The molecule has 0 unspecified atom stereocenters. The van der Waals surface area contributed by atoms with Crippen molar-refractivity contribution >= 4 is 5.78 Å². The minimum atomic E-state index is 0.271. The quantitative estimate of drug-likeness (QED) is 0.524. The lowest BCUT2D eigenvalue weighted by Gasteiger charge is -1.85. The van der Waals surface area contributed by atoms with E-state index >= 15 is 0 Å². The maximum atomic E-state index is 10.6. The van der Waals surface area contributed by atoms with E-state index in [1.54, 1.807) is 12.2 Å². The van der Waals surface area contributed by atoms with Gasteiger partial charge in [-0.25, -0.2) is 0 Å². The molecule has 0 atom stereocenters. The summed E-state index contributed by atoms with van der Waals surface area (Å²) in [4.78, 5) is 10.6. The second-order valence-electron chi connectivity index (χ2n) is 1.76. The summed E-state index contributed by atoms with van der Waals surface area (Å²) in [5.41, 5.74) is 0. The molecule has 0 aliphatic rings. The van der Waals surface area contributed by atoms with Crippen molar-refractivity contribution in [3.05, 3.63) is 24.8 Å². The lowest BCUT2D eigenvalue weighted by atomic mass is 10.2. The molecule has 0 amide bonds. The highest BCUT2D eigenvalue weighted by Gasteiger charge is 1.90. The molecule has 0 heterocycles. The summed E-state index contributed by atoms with van der Waals surface area (Å²) in [5, 5.41) is 0. The number of carbonyl (C=O) groups excluding carboxylic acids is 1. The van der Waals surface area contributed by atoms with Gasteiger partial charge in [-0.3, -0.25) is 4.79 Å². The molecular weight excluding hydrogens is 112 g/mol. The van der Waals surface area contributed by atoms with E-state index in [0.717, 1.165) is 0 Å². The molecule has 1 nitrogen and oxygen atoms in total. The number of carbonyl (C=O) groups is 1. The van der Waals surface area contributed by atoms with Gasteiger partial charge in [-0.1, -0.05) is 31.7 Å². The maximum Gasteiger partial charge on any atom is 0.136 e. The van der Waals surface area contributed by atoms with E-state index in [2.05, 4.69) is 6.58 Å². The molecule has 1 heteroatoms. The Morgan fingerprint density at radius 1 is 1.67 bits per heavy atom. The van der Waals surface area contributed by atoms with Crippen molar-refractivity contribution in [3.8, 4) is 0 Å². The van der Waals surface area contributed by atoms with Gasteiger partial charge in [-0.15, -0.1) is 0 Å². The molecule has 9 heavy (non-hydrogen) atoms. The van der Waals surface area contributed by atoms with Crippen LogP contribution in [-0.4, -0.2) is 5.78 Å². The van der Waals surface area contributed by atoms with Crippen LogP contribution in [0.3, 0.4) is 0 Å². The summed E-state index contributed by atoms with van der Waals surface area (Å²) in [5.74, 6) is 0.271. The smallest absolute Gasteiger partial charge is 0.136 e. The van der Waals surface area contributed by atoms with Crippen LogP contribution in [0.1, 0.15) is 19.8 Å². The van der Waals surface area contributed by atoms with E-state index in [-0.39, 0.29) is 5.78 Å². The number of Topliss-reactive ketones (excluding diaryl/α,β-unsaturated/α-hetero) is 1. The van der Waals surface area contributed by atoms with E-state index in [1.165, 1.54) is 0 Å². The Bertz CT molecular complexity index is 123. The average molecular weight is 124 g/mol. The van der Waals surface area contributed by atoms with Crippen LogP contribution in [0.15, 0.2) is 24.8 Å². The van der Waals surface area contributed by atoms with Crippen LogP contribution in [0.25, 0.3) is 0 Å². The lowest BCUT2D eigenvalue weighted by molar-refractivity contribution is -0.117. The van der Waals surface area contributed by atoms with Crippen LogP contribution in [0.5, 0.6) is 0 Å². The molecule has 0 saturated carbocycles. The summed E-state index contributed by atoms with van der Waals surface area (Å²) >= 11 is 0. The molecular formula is C8H12O. The number of ketones is 1. The zero-order valence-electron chi connectivity index (χ0n) is 5.76. The molecule has 0 aromatic rings. The van der Waals surface area contributed by atoms with Crippen molar-refractivity contribution in [2.45, 2.75) is 19.8 Å². The summed E-state index contributed by atoms with van der Waals surface area (Å²) in [6.45, 7) is 5.35. The van der Waals surface area contributed by atoms with Gasteiger partial charge in [0.1, 0.15) is 5.78 Å². The van der Waals surface area contributed by atoms with Gasteiger partial charge >= 0.3 is 0 Å². The molecule has 0 saturated heterocycles. The van der Waals surface area contributed by atoms with E-state index in [4.69, 9.17) is 0 Å². The van der Waals surface area contributed by atoms with Crippen molar-refractivity contribution in [2.24, 2.45) is 0 Å². The fraction of sp³-hybridized carbons (Fsp3) is 0.375. The van der Waals surface area contributed by atoms with Crippen molar-refractivity contribution < 1.29 is 4.79 Å². The third-order valence-electron chi connectivity index (χ3n) is 1.01. The Morgan fingerprint density at radius 3 is 2.78 bits per heavy atom. The molecule has 0 rings (SSSR count). The second kappa shape index (κ2) is 5.29. The van der Waals surface area contributed by atoms with Gasteiger partial charge in [0.2, 0.25) is 0 Å². The fourth-order valence-corrected chi connectivity index (χ4v) is 0.440. The third-order valence-corrected chi connectivity index (χ3v) is 1.01. The van der Waals surface area contributed by atoms with E-state index in [1.807, 2.05) is 13.0 Å². The first-order valence-electron chi connectivity index (χ1n) is 3.10. The first kappa shape index (κ1) is 8.15. The molecule has 0 aromatic carbocycles. The highest BCUT2D eigenvalue weighted by atomic mass is 16.1. The van der Waals surface area contributed by atoms with Crippen LogP contribution >= 0.6 is 0 Å². The van der Waals surface area contributed by atoms with Crippen molar-refractivity contribution in [1.29, 1.82) is 0 Å². The summed E-state index contributed by atoms with van der Waals surface area (Å²) in [7, 11) is 0. The second-order valence-corrected chi connectivity index (χ2v) is 1.76. The number of hydrogen-bond acceptors (Lipinski definition) is 1. The molecule has 0 spiro atoms. The molecule has 0 aliphatic carbocycles. The lowest BCUT2D eigenvalue weighted by Crippen LogP contribution is -1.90. The zero-order valence-corrected chi connectivity index (χ0v) is 5.76. The Balaban J connectivity index is 3.37. The van der Waals surface area contributed by atoms with Crippen LogP contribution < -0.4 is 0 Å².